The van der Waals surface area contributed by atoms with Crippen molar-refractivity contribution in [2.45, 2.75) is 58.5 Å². The second kappa shape index (κ2) is 7.28. The van der Waals surface area contributed by atoms with Crippen LogP contribution in [-0.4, -0.2) is 36.6 Å². The fraction of sp³-hybridized carbons (Fsp3) is 0.632. The number of ether oxygens (including phenoxy) is 1. The second-order valence-corrected chi connectivity index (χ2v) is 7.40. The first kappa shape index (κ1) is 17.0. The van der Waals surface area contributed by atoms with E-state index in [0.717, 1.165) is 19.6 Å². The molecule has 1 aromatic carbocycles. The summed E-state index contributed by atoms with van der Waals surface area (Å²) in [5.41, 5.74) is 1.97. The average Bonchev–Trinajstić information content (AvgIpc) is 2.47. The Morgan fingerprint density at radius 1 is 1.14 bits per heavy atom. The molecule has 0 aromatic heterocycles. The smallest absolute Gasteiger partial charge is 0.338 e. The topological polar surface area (TPSA) is 29.5 Å². The number of benzene rings is 1. The maximum atomic E-state index is 12.2. The Labute approximate surface area is 134 Å². The minimum Gasteiger partial charge on any atom is -0.458 e. The lowest BCUT2D eigenvalue weighted by Gasteiger charge is -2.28. The van der Waals surface area contributed by atoms with E-state index >= 15 is 0 Å². The number of likely N-dealkylation sites (tertiary alicyclic amines) is 1. The van der Waals surface area contributed by atoms with Crippen LogP contribution in [0.4, 0.5) is 0 Å². The van der Waals surface area contributed by atoms with E-state index in [4.69, 9.17) is 4.74 Å². The molecule has 1 atom stereocenters. The van der Waals surface area contributed by atoms with Gasteiger partial charge in [0.2, 0.25) is 0 Å². The largest absolute Gasteiger partial charge is 0.458 e. The molecule has 0 amide bonds. The van der Waals surface area contributed by atoms with Crippen molar-refractivity contribution >= 4 is 5.97 Å². The van der Waals surface area contributed by atoms with Gasteiger partial charge in [0.05, 0.1) is 5.56 Å². The molecule has 1 fully saturated rings. The highest BCUT2D eigenvalue weighted by molar-refractivity contribution is 5.89. The van der Waals surface area contributed by atoms with Crippen LogP contribution < -0.4 is 0 Å². The maximum Gasteiger partial charge on any atom is 0.338 e. The molecule has 1 aliphatic heterocycles. The molecule has 1 aliphatic rings. The first-order valence-corrected chi connectivity index (χ1v) is 8.40. The molecule has 0 saturated carbocycles. The molecule has 1 aromatic rings. The normalized spacial score (nSPS) is 18.0. The van der Waals surface area contributed by atoms with Gasteiger partial charge in [-0.05, 0) is 56.0 Å². The Bertz CT molecular complexity index is 481. The first-order chi connectivity index (χ1) is 10.4. The van der Waals surface area contributed by atoms with Gasteiger partial charge >= 0.3 is 5.97 Å². The van der Waals surface area contributed by atoms with Crippen LogP contribution in [0.5, 0.6) is 0 Å². The van der Waals surface area contributed by atoms with Crippen LogP contribution >= 0.6 is 0 Å². The van der Waals surface area contributed by atoms with Gasteiger partial charge in [0.25, 0.3) is 0 Å². The van der Waals surface area contributed by atoms with Crippen molar-refractivity contribution in [3.05, 3.63) is 35.4 Å². The van der Waals surface area contributed by atoms with Crippen molar-refractivity contribution < 1.29 is 9.53 Å². The van der Waals surface area contributed by atoms with Gasteiger partial charge in [0, 0.05) is 6.54 Å². The van der Waals surface area contributed by atoms with Crippen molar-refractivity contribution in [3.8, 4) is 0 Å². The number of piperidine rings is 1. The van der Waals surface area contributed by atoms with Crippen LogP contribution in [0.2, 0.25) is 0 Å². The van der Waals surface area contributed by atoms with E-state index in [1.54, 1.807) is 0 Å². The Hall–Kier alpha value is -1.35. The Morgan fingerprint density at radius 2 is 1.73 bits per heavy atom. The summed E-state index contributed by atoms with van der Waals surface area (Å²) in [4.78, 5) is 14.6. The number of hydrogen-bond acceptors (Lipinski definition) is 3. The van der Waals surface area contributed by atoms with Crippen molar-refractivity contribution in [2.75, 3.05) is 19.6 Å². The summed E-state index contributed by atoms with van der Waals surface area (Å²) in [6, 6.07) is 7.78. The highest BCUT2D eigenvalue weighted by Crippen LogP contribution is 2.22. The molecule has 1 heterocycles. The third-order valence-electron chi connectivity index (χ3n) is 4.26. The molecule has 0 bridgehead atoms. The van der Waals surface area contributed by atoms with Crippen LogP contribution in [0.3, 0.4) is 0 Å². The molecule has 0 spiro atoms. The molecular formula is C19H29NO2. The van der Waals surface area contributed by atoms with E-state index in [1.165, 1.54) is 24.8 Å². The third kappa shape index (κ3) is 4.84. The van der Waals surface area contributed by atoms with Gasteiger partial charge in [0.15, 0.2) is 0 Å². The summed E-state index contributed by atoms with van der Waals surface area (Å²) >= 11 is 0. The standard InChI is InChI=1S/C19H29NO2/c1-15(14-20-12-6-5-7-13-20)22-18(21)16-8-10-17(11-9-16)19(2,3)4/h8-11,15H,5-7,12-14H2,1-4H3/t15-/m0/s1. The van der Waals surface area contributed by atoms with E-state index in [-0.39, 0.29) is 17.5 Å². The zero-order chi connectivity index (χ0) is 16.2. The van der Waals surface area contributed by atoms with E-state index < -0.39 is 0 Å². The molecule has 0 unspecified atom stereocenters. The molecule has 122 valence electrons. The Morgan fingerprint density at radius 3 is 2.27 bits per heavy atom. The molecule has 1 saturated heterocycles. The minimum absolute atomic E-state index is 0.0621. The summed E-state index contributed by atoms with van der Waals surface area (Å²) in [6.07, 6.45) is 3.78. The van der Waals surface area contributed by atoms with Gasteiger partial charge in [-0.3, -0.25) is 4.90 Å². The van der Waals surface area contributed by atoms with Gasteiger partial charge in [-0.15, -0.1) is 0 Å². The van der Waals surface area contributed by atoms with E-state index in [1.807, 2.05) is 31.2 Å². The van der Waals surface area contributed by atoms with Gasteiger partial charge in [-0.2, -0.15) is 0 Å². The van der Waals surface area contributed by atoms with Crippen molar-refractivity contribution in [1.82, 2.24) is 4.90 Å². The lowest BCUT2D eigenvalue weighted by molar-refractivity contribution is 0.0236. The molecule has 3 heteroatoms. The number of hydrogen-bond donors (Lipinski definition) is 0. The predicted octanol–water partition coefficient (Wildman–Crippen LogP) is 4.02. The van der Waals surface area contributed by atoms with Gasteiger partial charge in [-0.1, -0.05) is 39.3 Å². The monoisotopic (exact) mass is 303 g/mol. The van der Waals surface area contributed by atoms with Gasteiger partial charge in [-0.25, -0.2) is 4.79 Å². The SMILES string of the molecule is C[C@@H](CN1CCCCC1)OC(=O)c1ccc(C(C)(C)C)cc1. The zero-order valence-electron chi connectivity index (χ0n) is 14.4. The van der Waals surface area contributed by atoms with E-state index in [2.05, 4.69) is 25.7 Å². The highest BCUT2D eigenvalue weighted by atomic mass is 16.5. The number of nitrogens with zero attached hydrogens (tertiary/aromatic N) is 1. The number of carbonyl (C=O) groups excluding carboxylic acids is 1. The minimum atomic E-state index is -0.218. The fourth-order valence-corrected chi connectivity index (χ4v) is 2.90. The van der Waals surface area contributed by atoms with Crippen LogP contribution in [-0.2, 0) is 10.2 Å². The van der Waals surface area contributed by atoms with Crippen molar-refractivity contribution in [1.29, 1.82) is 0 Å². The highest BCUT2D eigenvalue weighted by Gasteiger charge is 2.18. The summed E-state index contributed by atoms with van der Waals surface area (Å²) in [6.45, 7) is 11.6. The molecular weight excluding hydrogens is 274 g/mol. The van der Waals surface area contributed by atoms with Crippen molar-refractivity contribution in [2.24, 2.45) is 0 Å². The third-order valence-corrected chi connectivity index (χ3v) is 4.26. The molecule has 0 radical (unpaired) electrons. The van der Waals surface area contributed by atoms with Crippen LogP contribution in [0.25, 0.3) is 0 Å². The van der Waals surface area contributed by atoms with Gasteiger partial charge in [0.1, 0.15) is 6.10 Å². The molecule has 22 heavy (non-hydrogen) atoms. The second-order valence-electron chi connectivity index (χ2n) is 7.40. The lowest BCUT2D eigenvalue weighted by Crippen LogP contribution is -2.37. The summed E-state index contributed by atoms with van der Waals surface area (Å²) in [5, 5.41) is 0. The average molecular weight is 303 g/mol. The number of carbonyl (C=O) groups is 1. The summed E-state index contributed by atoms with van der Waals surface area (Å²) in [5.74, 6) is -0.218. The van der Waals surface area contributed by atoms with Crippen LogP contribution in [0.15, 0.2) is 24.3 Å². The van der Waals surface area contributed by atoms with Crippen LogP contribution in [0.1, 0.15) is 62.9 Å². The van der Waals surface area contributed by atoms with Crippen molar-refractivity contribution in [3.63, 3.8) is 0 Å². The summed E-state index contributed by atoms with van der Waals surface area (Å²) < 4.78 is 5.58. The number of esters is 1. The Balaban J connectivity index is 1.88. The van der Waals surface area contributed by atoms with E-state index in [0.29, 0.717) is 5.56 Å². The number of rotatable bonds is 4. The molecule has 0 N–H and O–H groups in total. The predicted molar refractivity (Wildman–Crippen MR) is 90.3 cm³/mol. The fourth-order valence-electron chi connectivity index (χ4n) is 2.90. The lowest BCUT2D eigenvalue weighted by atomic mass is 9.87. The molecule has 3 nitrogen and oxygen atoms in total. The van der Waals surface area contributed by atoms with Crippen LogP contribution in [0, 0.1) is 0 Å². The molecule has 2 rings (SSSR count). The zero-order valence-corrected chi connectivity index (χ0v) is 14.4. The van der Waals surface area contributed by atoms with Gasteiger partial charge < -0.3 is 4.74 Å². The maximum absolute atomic E-state index is 12.2. The van der Waals surface area contributed by atoms with E-state index in [9.17, 15) is 4.79 Å². The quantitative estimate of drug-likeness (QED) is 0.787. The molecule has 0 aliphatic carbocycles. The first-order valence-electron chi connectivity index (χ1n) is 8.40. The summed E-state index contributed by atoms with van der Waals surface area (Å²) in [7, 11) is 0. The Kier molecular flexibility index (Phi) is 5.63.